The third kappa shape index (κ3) is 3.06. The van der Waals surface area contributed by atoms with Crippen molar-refractivity contribution < 1.29 is 9.21 Å². The Kier molecular flexibility index (Phi) is 4.17. The van der Waals surface area contributed by atoms with Gasteiger partial charge < -0.3 is 14.6 Å². The smallest absolute Gasteiger partial charge is 0.257 e. The molecule has 7 heteroatoms. The van der Waals surface area contributed by atoms with Crippen LogP contribution in [0.15, 0.2) is 22.7 Å². The minimum Gasteiger partial charge on any atom is -0.425 e. The third-order valence-corrected chi connectivity index (χ3v) is 5.54. The zero-order valence-corrected chi connectivity index (χ0v) is 15.5. The first kappa shape index (κ1) is 17.0. The Bertz CT molecular complexity index is 808. The second-order valence-electron chi connectivity index (χ2n) is 7.77. The summed E-state index contributed by atoms with van der Waals surface area (Å²) in [5, 5.41) is 11.4. The number of nitrogens with zero attached hydrogens (tertiary/aromatic N) is 4. The number of aryl methyl sites for hydroxylation is 1. The number of hydrogen-bond donors (Lipinski definition) is 1. The molecule has 2 aromatic rings. The summed E-state index contributed by atoms with van der Waals surface area (Å²) in [6, 6.07) is 3.90. The molecule has 1 unspecified atom stereocenters. The SMILES string of the molecule is Cc1nnc(C2CC23CCN(C(=O)c2cccnc2NC(C)C)CC3)o1. The molecule has 1 atom stereocenters. The average molecular weight is 355 g/mol. The summed E-state index contributed by atoms with van der Waals surface area (Å²) in [5.41, 5.74) is 0.890. The number of carbonyl (C=O) groups is 1. The molecule has 1 saturated carbocycles. The summed E-state index contributed by atoms with van der Waals surface area (Å²) in [7, 11) is 0. The lowest BCUT2D eigenvalue weighted by atomic mass is 9.90. The van der Waals surface area contributed by atoms with E-state index in [2.05, 4.69) is 20.5 Å². The van der Waals surface area contributed by atoms with Crippen LogP contribution in [0.2, 0.25) is 0 Å². The van der Waals surface area contributed by atoms with Crippen LogP contribution < -0.4 is 5.32 Å². The van der Waals surface area contributed by atoms with Gasteiger partial charge in [-0.1, -0.05) is 0 Å². The van der Waals surface area contributed by atoms with E-state index in [1.807, 2.05) is 37.8 Å². The van der Waals surface area contributed by atoms with E-state index in [0.29, 0.717) is 23.2 Å². The molecule has 1 aliphatic carbocycles. The topological polar surface area (TPSA) is 84.2 Å². The molecule has 0 radical (unpaired) electrons. The van der Waals surface area contributed by atoms with Gasteiger partial charge in [-0.15, -0.1) is 10.2 Å². The maximum absolute atomic E-state index is 13.0. The van der Waals surface area contributed by atoms with E-state index in [4.69, 9.17) is 4.42 Å². The first-order valence-corrected chi connectivity index (χ1v) is 9.29. The van der Waals surface area contributed by atoms with Gasteiger partial charge in [-0.25, -0.2) is 4.98 Å². The molecule has 1 amide bonds. The number of rotatable bonds is 4. The second kappa shape index (κ2) is 6.37. The van der Waals surface area contributed by atoms with Crippen molar-refractivity contribution in [2.45, 2.75) is 52.0 Å². The lowest BCUT2D eigenvalue weighted by Crippen LogP contribution is -2.40. The fourth-order valence-electron chi connectivity index (χ4n) is 3.99. The minimum atomic E-state index is 0.0573. The molecule has 0 bridgehead atoms. The van der Waals surface area contributed by atoms with Crippen LogP contribution in [0.1, 0.15) is 61.2 Å². The lowest BCUT2D eigenvalue weighted by molar-refractivity contribution is 0.0674. The zero-order valence-electron chi connectivity index (χ0n) is 15.5. The third-order valence-electron chi connectivity index (χ3n) is 5.54. The van der Waals surface area contributed by atoms with Gasteiger partial charge in [0.1, 0.15) is 5.82 Å². The van der Waals surface area contributed by atoms with Gasteiger partial charge in [0.25, 0.3) is 5.91 Å². The monoisotopic (exact) mass is 355 g/mol. The van der Waals surface area contributed by atoms with Gasteiger partial charge in [0.05, 0.1) is 5.56 Å². The predicted molar refractivity (Wildman–Crippen MR) is 97.0 cm³/mol. The Labute approximate surface area is 153 Å². The largest absolute Gasteiger partial charge is 0.425 e. The molecule has 26 heavy (non-hydrogen) atoms. The standard InChI is InChI=1S/C19H25N5O2/c1-12(2)21-16-14(5-4-8-20-16)18(25)24-9-6-19(7-10-24)11-15(19)17-23-22-13(3)26-17/h4-5,8,12,15H,6-7,9-11H2,1-3H3,(H,20,21). The minimum absolute atomic E-state index is 0.0573. The van der Waals surface area contributed by atoms with Crippen molar-refractivity contribution in [3.05, 3.63) is 35.7 Å². The summed E-state index contributed by atoms with van der Waals surface area (Å²) in [4.78, 5) is 19.3. The molecule has 1 spiro atoms. The van der Waals surface area contributed by atoms with Gasteiger partial charge in [-0.2, -0.15) is 0 Å². The van der Waals surface area contributed by atoms with Crippen LogP contribution in [-0.4, -0.2) is 45.1 Å². The Balaban J connectivity index is 1.42. The Hall–Kier alpha value is -2.44. The van der Waals surface area contributed by atoms with Gasteiger partial charge >= 0.3 is 0 Å². The van der Waals surface area contributed by atoms with E-state index in [9.17, 15) is 4.79 Å². The number of anilines is 1. The average Bonchev–Trinajstić information content (AvgIpc) is 3.13. The molecular weight excluding hydrogens is 330 g/mol. The number of aromatic nitrogens is 3. The van der Waals surface area contributed by atoms with Crippen molar-refractivity contribution in [1.82, 2.24) is 20.1 Å². The summed E-state index contributed by atoms with van der Waals surface area (Å²) in [6.45, 7) is 7.43. The summed E-state index contributed by atoms with van der Waals surface area (Å²) in [5.74, 6) is 2.47. The Morgan fingerprint density at radius 3 is 2.77 bits per heavy atom. The Morgan fingerprint density at radius 2 is 2.12 bits per heavy atom. The molecular formula is C19H25N5O2. The van der Waals surface area contributed by atoms with E-state index in [1.165, 1.54) is 0 Å². The number of pyridine rings is 1. The van der Waals surface area contributed by atoms with E-state index in [0.717, 1.165) is 38.2 Å². The van der Waals surface area contributed by atoms with E-state index in [-0.39, 0.29) is 17.4 Å². The number of likely N-dealkylation sites (tertiary alicyclic amines) is 1. The van der Waals surface area contributed by atoms with E-state index < -0.39 is 0 Å². The summed E-state index contributed by atoms with van der Waals surface area (Å²) >= 11 is 0. The van der Waals surface area contributed by atoms with Crippen molar-refractivity contribution in [3.8, 4) is 0 Å². The number of nitrogens with one attached hydrogen (secondary N) is 1. The van der Waals surface area contributed by atoms with Gasteiger partial charge in [-0.3, -0.25) is 4.79 Å². The molecule has 1 N–H and O–H groups in total. The van der Waals surface area contributed by atoms with Crippen LogP contribution in [0.4, 0.5) is 5.82 Å². The van der Waals surface area contributed by atoms with Crippen molar-refractivity contribution >= 4 is 11.7 Å². The van der Waals surface area contributed by atoms with Crippen molar-refractivity contribution in [2.24, 2.45) is 5.41 Å². The quantitative estimate of drug-likeness (QED) is 0.907. The van der Waals surface area contributed by atoms with Crippen LogP contribution >= 0.6 is 0 Å². The molecule has 0 aromatic carbocycles. The fraction of sp³-hybridized carbons (Fsp3) is 0.579. The molecule has 4 rings (SSSR count). The van der Waals surface area contributed by atoms with Crippen LogP contribution in [0, 0.1) is 12.3 Å². The number of piperidine rings is 1. The van der Waals surface area contributed by atoms with Crippen LogP contribution in [0.25, 0.3) is 0 Å². The fourth-order valence-corrected chi connectivity index (χ4v) is 3.99. The van der Waals surface area contributed by atoms with Crippen molar-refractivity contribution in [1.29, 1.82) is 0 Å². The first-order chi connectivity index (χ1) is 12.5. The number of hydrogen-bond acceptors (Lipinski definition) is 6. The van der Waals surface area contributed by atoms with Gasteiger partial charge in [0.15, 0.2) is 0 Å². The first-order valence-electron chi connectivity index (χ1n) is 9.29. The second-order valence-corrected chi connectivity index (χ2v) is 7.77. The maximum Gasteiger partial charge on any atom is 0.257 e. The highest BCUT2D eigenvalue weighted by molar-refractivity contribution is 5.98. The summed E-state index contributed by atoms with van der Waals surface area (Å²) in [6.07, 6.45) is 4.77. The lowest BCUT2D eigenvalue weighted by Gasteiger charge is -2.33. The molecule has 138 valence electrons. The molecule has 2 fully saturated rings. The van der Waals surface area contributed by atoms with Gasteiger partial charge in [0.2, 0.25) is 11.8 Å². The highest BCUT2D eigenvalue weighted by Gasteiger charge is 2.58. The highest BCUT2D eigenvalue weighted by atomic mass is 16.4. The number of amides is 1. The highest BCUT2D eigenvalue weighted by Crippen LogP contribution is 2.64. The van der Waals surface area contributed by atoms with E-state index >= 15 is 0 Å². The zero-order chi connectivity index (χ0) is 18.3. The molecule has 7 nitrogen and oxygen atoms in total. The van der Waals surface area contributed by atoms with Crippen molar-refractivity contribution in [2.75, 3.05) is 18.4 Å². The van der Waals surface area contributed by atoms with Crippen LogP contribution in [0.3, 0.4) is 0 Å². The summed E-state index contributed by atoms with van der Waals surface area (Å²) < 4.78 is 5.61. The molecule has 3 heterocycles. The van der Waals surface area contributed by atoms with Crippen LogP contribution in [-0.2, 0) is 0 Å². The molecule has 2 aromatic heterocycles. The van der Waals surface area contributed by atoms with Crippen molar-refractivity contribution in [3.63, 3.8) is 0 Å². The maximum atomic E-state index is 13.0. The number of carbonyl (C=O) groups excluding carboxylic acids is 1. The normalized spacial score (nSPS) is 21.2. The molecule has 2 aliphatic rings. The van der Waals surface area contributed by atoms with Gasteiger partial charge in [0, 0.05) is 38.2 Å². The predicted octanol–water partition coefficient (Wildman–Crippen LogP) is 3.00. The van der Waals surface area contributed by atoms with Crippen LogP contribution in [0.5, 0.6) is 0 Å². The Morgan fingerprint density at radius 1 is 1.35 bits per heavy atom. The van der Waals surface area contributed by atoms with E-state index in [1.54, 1.807) is 6.20 Å². The van der Waals surface area contributed by atoms with Gasteiger partial charge in [-0.05, 0) is 50.7 Å². The molecule has 1 saturated heterocycles. The molecule has 1 aliphatic heterocycles.